The second-order valence-corrected chi connectivity index (χ2v) is 7.58. The van der Waals surface area contributed by atoms with E-state index >= 15 is 0 Å². The maximum absolute atomic E-state index is 9.24. The van der Waals surface area contributed by atoms with Gasteiger partial charge in [-0.3, -0.25) is 0 Å². The summed E-state index contributed by atoms with van der Waals surface area (Å²) in [4.78, 5) is 0. The molecule has 0 atom stereocenters. The highest BCUT2D eigenvalue weighted by Crippen LogP contribution is 2.18. The lowest BCUT2D eigenvalue weighted by atomic mass is 9.98. The van der Waals surface area contributed by atoms with E-state index in [1.165, 1.54) is 11.1 Å². The smallest absolute Gasteiger partial charge is 0.109 e. The first-order chi connectivity index (χ1) is 11.7. The normalized spacial score (nSPS) is 11.0. The minimum atomic E-state index is 0. The molecule has 2 heteroatoms. The van der Waals surface area contributed by atoms with Gasteiger partial charge in [-0.1, -0.05) is 84.2 Å². The Hall–Kier alpha value is -2.32. The van der Waals surface area contributed by atoms with Crippen molar-refractivity contribution < 1.29 is 10.6 Å². The Labute approximate surface area is 158 Å². The Balaban J connectivity index is 0.00000113. The molecule has 0 radical (unpaired) electrons. The van der Waals surface area contributed by atoms with E-state index in [1.54, 1.807) is 6.08 Å². The highest BCUT2D eigenvalue weighted by molar-refractivity contribution is 5.64. The third kappa shape index (κ3) is 8.68. The fourth-order valence-electron chi connectivity index (χ4n) is 2.41. The standard InChI is InChI=1S/C20H22O.C4H10.H2O/c1-14(2)11-17-5-7-18(8-6-17)20-10-9-19(13-16(4)21)15(3)12-20;1-4(2)3;/h5-10,12-14,21H,3-4,11H2,1-2H3;4H,1-3H3;1H2/b19-13-;;. The first kappa shape index (κ1) is 23.7. The second-order valence-electron chi connectivity index (χ2n) is 7.58. The summed E-state index contributed by atoms with van der Waals surface area (Å²) in [6.07, 6.45) is 2.73. The van der Waals surface area contributed by atoms with Crippen LogP contribution in [0, 0.1) is 11.8 Å². The second kappa shape index (κ2) is 11.3. The van der Waals surface area contributed by atoms with Crippen LogP contribution in [0.4, 0.5) is 0 Å². The zero-order valence-corrected chi connectivity index (χ0v) is 16.8. The van der Waals surface area contributed by atoms with E-state index in [4.69, 9.17) is 0 Å². The number of aliphatic hydroxyl groups excluding tert-OH is 1. The fraction of sp³-hybridized carbons (Fsp3) is 0.333. The van der Waals surface area contributed by atoms with Gasteiger partial charge in [-0.05, 0) is 57.5 Å². The molecule has 2 aromatic carbocycles. The van der Waals surface area contributed by atoms with Crippen molar-refractivity contribution in [2.45, 2.75) is 41.0 Å². The minimum Gasteiger partial charge on any atom is -0.509 e. The first-order valence-electron chi connectivity index (χ1n) is 8.97. The van der Waals surface area contributed by atoms with Gasteiger partial charge in [-0.2, -0.15) is 0 Å². The number of hydrogen-bond donors (Lipinski definition) is 1. The van der Waals surface area contributed by atoms with E-state index in [0.29, 0.717) is 5.92 Å². The number of aliphatic hydroxyl groups is 1. The maximum atomic E-state index is 9.24. The summed E-state index contributed by atoms with van der Waals surface area (Å²) in [5, 5.41) is 11.0. The van der Waals surface area contributed by atoms with Gasteiger partial charge in [-0.25, -0.2) is 0 Å². The van der Waals surface area contributed by atoms with Crippen molar-refractivity contribution in [1.29, 1.82) is 0 Å². The summed E-state index contributed by atoms with van der Waals surface area (Å²) >= 11 is 0. The molecule has 0 saturated carbocycles. The van der Waals surface area contributed by atoms with E-state index in [9.17, 15) is 5.11 Å². The summed E-state index contributed by atoms with van der Waals surface area (Å²) in [7, 11) is 0. The molecule has 0 aliphatic carbocycles. The Bertz CT molecular complexity index is 781. The third-order valence-electron chi connectivity index (χ3n) is 3.40. The van der Waals surface area contributed by atoms with Crippen molar-refractivity contribution in [3.63, 3.8) is 0 Å². The number of allylic oxidation sites excluding steroid dienone is 1. The molecule has 0 amide bonds. The monoisotopic (exact) mass is 354 g/mol. The van der Waals surface area contributed by atoms with Gasteiger partial charge < -0.3 is 10.6 Å². The molecule has 2 rings (SSSR count). The average molecular weight is 355 g/mol. The Kier molecular flexibility index (Phi) is 10.3. The van der Waals surface area contributed by atoms with Crippen molar-refractivity contribution in [3.8, 4) is 11.1 Å². The van der Waals surface area contributed by atoms with E-state index in [0.717, 1.165) is 28.3 Å². The zero-order valence-electron chi connectivity index (χ0n) is 16.8. The highest BCUT2D eigenvalue weighted by Gasteiger charge is 2.00. The van der Waals surface area contributed by atoms with Gasteiger partial charge in [0, 0.05) is 0 Å². The van der Waals surface area contributed by atoms with Crippen LogP contribution in [0.3, 0.4) is 0 Å². The van der Waals surface area contributed by atoms with Crippen LogP contribution >= 0.6 is 0 Å². The Morgan fingerprint density at radius 1 is 0.962 bits per heavy atom. The minimum absolute atomic E-state index is 0. The number of benzene rings is 2. The Morgan fingerprint density at radius 3 is 1.88 bits per heavy atom. The quantitative estimate of drug-likeness (QED) is 0.798. The number of rotatable bonds is 4. The lowest BCUT2D eigenvalue weighted by Gasteiger charge is -2.07. The van der Waals surface area contributed by atoms with Crippen molar-refractivity contribution in [2.24, 2.45) is 11.8 Å². The van der Waals surface area contributed by atoms with Crippen LogP contribution in [0.15, 0.2) is 54.8 Å². The van der Waals surface area contributed by atoms with Gasteiger partial charge in [0.1, 0.15) is 5.76 Å². The molecule has 0 spiro atoms. The zero-order chi connectivity index (χ0) is 19.0. The molecule has 2 nitrogen and oxygen atoms in total. The molecule has 0 aliphatic rings. The Morgan fingerprint density at radius 2 is 1.46 bits per heavy atom. The van der Waals surface area contributed by atoms with Crippen LogP contribution < -0.4 is 10.4 Å². The summed E-state index contributed by atoms with van der Waals surface area (Å²) in [6.45, 7) is 18.5. The lowest BCUT2D eigenvalue weighted by Crippen LogP contribution is -2.22. The molecular weight excluding hydrogens is 320 g/mol. The molecule has 0 bridgehead atoms. The molecule has 3 N–H and O–H groups in total. The van der Waals surface area contributed by atoms with Crippen molar-refractivity contribution in [2.75, 3.05) is 0 Å². The average Bonchev–Trinajstić information content (AvgIpc) is 2.48. The lowest BCUT2D eigenvalue weighted by molar-refractivity contribution is 0.444. The topological polar surface area (TPSA) is 51.7 Å². The third-order valence-corrected chi connectivity index (χ3v) is 3.40. The van der Waals surface area contributed by atoms with Crippen molar-refractivity contribution in [1.82, 2.24) is 0 Å². The van der Waals surface area contributed by atoms with E-state index in [-0.39, 0.29) is 11.2 Å². The van der Waals surface area contributed by atoms with Gasteiger partial charge in [0.25, 0.3) is 0 Å². The molecule has 0 heterocycles. The summed E-state index contributed by atoms with van der Waals surface area (Å²) in [5.41, 5.74) is 3.68. The van der Waals surface area contributed by atoms with Crippen LogP contribution in [0.5, 0.6) is 0 Å². The highest BCUT2D eigenvalue weighted by atomic mass is 16.3. The van der Waals surface area contributed by atoms with Crippen molar-refractivity contribution in [3.05, 3.63) is 70.8 Å². The van der Waals surface area contributed by atoms with Crippen molar-refractivity contribution >= 4 is 12.7 Å². The molecule has 0 saturated heterocycles. The summed E-state index contributed by atoms with van der Waals surface area (Å²) in [6, 6.07) is 14.7. The van der Waals surface area contributed by atoms with Crippen LogP contribution in [-0.2, 0) is 6.42 Å². The summed E-state index contributed by atoms with van der Waals surface area (Å²) < 4.78 is 0. The van der Waals surface area contributed by atoms with Gasteiger partial charge in [-0.15, -0.1) is 0 Å². The van der Waals surface area contributed by atoms with Crippen LogP contribution in [0.2, 0.25) is 0 Å². The SMILES string of the molecule is C=C(O)/C=c1/ccc(-c2ccc(CC(C)C)cc2)cc1=C.CC(C)C.O. The molecular formula is C24H34O2. The molecule has 0 aromatic heterocycles. The molecule has 2 aromatic rings. The van der Waals surface area contributed by atoms with Gasteiger partial charge in [0.2, 0.25) is 0 Å². The van der Waals surface area contributed by atoms with Gasteiger partial charge in [0.05, 0.1) is 0 Å². The molecule has 26 heavy (non-hydrogen) atoms. The first-order valence-corrected chi connectivity index (χ1v) is 8.97. The fourth-order valence-corrected chi connectivity index (χ4v) is 2.41. The van der Waals surface area contributed by atoms with E-state index in [2.05, 4.69) is 72.0 Å². The predicted octanol–water partition coefficient (Wildman–Crippen LogP) is 4.65. The van der Waals surface area contributed by atoms with E-state index in [1.807, 2.05) is 18.2 Å². The molecule has 0 aliphatic heterocycles. The molecule has 142 valence electrons. The van der Waals surface area contributed by atoms with Crippen LogP contribution in [-0.4, -0.2) is 10.6 Å². The number of hydrogen-bond acceptors (Lipinski definition) is 1. The van der Waals surface area contributed by atoms with Gasteiger partial charge in [0.15, 0.2) is 0 Å². The molecule has 0 unspecified atom stereocenters. The molecule has 0 fully saturated rings. The van der Waals surface area contributed by atoms with Crippen LogP contribution in [0.25, 0.3) is 23.8 Å². The van der Waals surface area contributed by atoms with E-state index < -0.39 is 0 Å². The largest absolute Gasteiger partial charge is 0.509 e. The van der Waals surface area contributed by atoms with Crippen LogP contribution in [0.1, 0.15) is 40.2 Å². The predicted molar refractivity (Wildman–Crippen MR) is 116 cm³/mol. The maximum Gasteiger partial charge on any atom is 0.109 e. The van der Waals surface area contributed by atoms with Gasteiger partial charge >= 0.3 is 0 Å². The summed E-state index contributed by atoms with van der Waals surface area (Å²) in [5.74, 6) is 1.55.